The Bertz CT molecular complexity index is 709. The van der Waals surface area contributed by atoms with Gasteiger partial charge in [0.05, 0.1) is 18.0 Å². The molecule has 1 saturated heterocycles. The summed E-state index contributed by atoms with van der Waals surface area (Å²) >= 11 is 3.49. The molecule has 2 N–H and O–H groups in total. The van der Waals surface area contributed by atoms with E-state index in [-0.39, 0.29) is 12.1 Å². The molecule has 7 nitrogen and oxygen atoms in total. The van der Waals surface area contributed by atoms with Gasteiger partial charge in [-0.2, -0.15) is 0 Å². The fraction of sp³-hybridized carbons (Fsp3) is 0.500. The van der Waals surface area contributed by atoms with Gasteiger partial charge in [-0.15, -0.1) is 0 Å². The molecule has 3 heterocycles. The summed E-state index contributed by atoms with van der Waals surface area (Å²) in [6, 6.07) is 0.176. The zero-order valence-electron chi connectivity index (χ0n) is 12.5. The Kier molecular flexibility index (Phi) is 3.94. The minimum atomic E-state index is -0.255. The normalized spacial score (nSPS) is 15.4. The van der Waals surface area contributed by atoms with Crippen LogP contribution in [-0.4, -0.2) is 45.2 Å². The van der Waals surface area contributed by atoms with Gasteiger partial charge in [0, 0.05) is 23.8 Å². The van der Waals surface area contributed by atoms with Crippen molar-refractivity contribution in [3.05, 3.63) is 17.0 Å². The lowest BCUT2D eigenvalue weighted by molar-refractivity contribution is 0.0515. The fourth-order valence-corrected chi connectivity index (χ4v) is 3.05. The zero-order valence-corrected chi connectivity index (χ0v) is 14.1. The largest absolute Gasteiger partial charge is 0.449 e. The Hall–Kier alpha value is -1.83. The highest BCUT2D eigenvalue weighted by Crippen LogP contribution is 2.33. The standard InChI is InChI=1S/C14H18BrN5O2/c1-8(2)6-22-14(21)19-3-9(4-19)20-5-10(15)11-12(16)17-7-18-13(11)20/h5,7-9H,3-4,6H2,1-2H3,(H2,16,17,18). The molecule has 2 aromatic rings. The number of likely N-dealkylation sites (tertiary alicyclic amines) is 1. The Labute approximate surface area is 136 Å². The monoisotopic (exact) mass is 367 g/mol. The van der Waals surface area contributed by atoms with Gasteiger partial charge in [-0.05, 0) is 21.8 Å². The number of amides is 1. The average Bonchev–Trinajstić information content (AvgIpc) is 2.73. The number of rotatable bonds is 3. The van der Waals surface area contributed by atoms with Gasteiger partial charge in [0.25, 0.3) is 0 Å². The molecule has 0 saturated carbocycles. The summed E-state index contributed by atoms with van der Waals surface area (Å²) in [7, 11) is 0. The molecule has 1 fully saturated rings. The van der Waals surface area contributed by atoms with Crippen molar-refractivity contribution in [3.63, 3.8) is 0 Å². The number of nitrogens with two attached hydrogens (primary N) is 1. The quantitative estimate of drug-likeness (QED) is 0.899. The van der Waals surface area contributed by atoms with Crippen LogP contribution < -0.4 is 5.73 Å². The predicted molar refractivity (Wildman–Crippen MR) is 86.4 cm³/mol. The Balaban J connectivity index is 1.71. The average molecular weight is 368 g/mol. The first-order valence-electron chi connectivity index (χ1n) is 7.15. The van der Waals surface area contributed by atoms with Gasteiger partial charge >= 0.3 is 6.09 Å². The Morgan fingerprint density at radius 2 is 2.23 bits per heavy atom. The number of nitrogen functional groups attached to an aromatic ring is 1. The van der Waals surface area contributed by atoms with E-state index in [9.17, 15) is 4.79 Å². The molecule has 0 unspecified atom stereocenters. The first-order valence-corrected chi connectivity index (χ1v) is 7.95. The van der Waals surface area contributed by atoms with Gasteiger partial charge in [-0.25, -0.2) is 14.8 Å². The molecule has 0 aromatic carbocycles. The van der Waals surface area contributed by atoms with Crippen molar-refractivity contribution in [1.29, 1.82) is 0 Å². The maximum atomic E-state index is 11.9. The number of carbonyl (C=O) groups excluding carboxylic acids is 1. The summed E-state index contributed by atoms with van der Waals surface area (Å²) in [4.78, 5) is 21.9. The van der Waals surface area contributed by atoms with Crippen LogP contribution in [0.1, 0.15) is 19.9 Å². The Morgan fingerprint density at radius 1 is 1.50 bits per heavy atom. The summed E-state index contributed by atoms with van der Waals surface area (Å²) in [6.45, 7) is 5.69. The van der Waals surface area contributed by atoms with E-state index >= 15 is 0 Å². The van der Waals surface area contributed by atoms with Crippen LogP contribution in [0.15, 0.2) is 17.0 Å². The highest BCUT2D eigenvalue weighted by atomic mass is 79.9. The molecule has 2 aromatic heterocycles. The van der Waals surface area contributed by atoms with Crippen LogP contribution >= 0.6 is 15.9 Å². The summed E-state index contributed by atoms with van der Waals surface area (Å²) in [5.74, 6) is 0.785. The van der Waals surface area contributed by atoms with E-state index < -0.39 is 0 Å². The van der Waals surface area contributed by atoms with Crippen molar-refractivity contribution in [2.24, 2.45) is 5.92 Å². The highest BCUT2D eigenvalue weighted by molar-refractivity contribution is 9.10. The molecule has 0 spiro atoms. The first-order chi connectivity index (χ1) is 10.5. The summed E-state index contributed by atoms with van der Waals surface area (Å²) in [5, 5.41) is 0.809. The van der Waals surface area contributed by atoms with Gasteiger partial charge in [0.1, 0.15) is 17.8 Å². The van der Waals surface area contributed by atoms with Crippen LogP contribution in [0.5, 0.6) is 0 Å². The van der Waals surface area contributed by atoms with Crippen molar-refractivity contribution >= 4 is 38.9 Å². The lowest BCUT2D eigenvalue weighted by Crippen LogP contribution is -2.51. The number of fused-ring (bicyclic) bond motifs is 1. The van der Waals surface area contributed by atoms with Crippen molar-refractivity contribution in [2.75, 3.05) is 25.4 Å². The minimum Gasteiger partial charge on any atom is -0.449 e. The fourth-order valence-electron chi connectivity index (χ4n) is 2.45. The second-order valence-corrected chi connectivity index (χ2v) is 6.73. The highest BCUT2D eigenvalue weighted by Gasteiger charge is 2.34. The molecule has 0 bridgehead atoms. The van der Waals surface area contributed by atoms with Crippen molar-refractivity contribution in [3.8, 4) is 0 Å². The molecule has 1 aliphatic rings. The molecule has 0 atom stereocenters. The van der Waals surface area contributed by atoms with Crippen molar-refractivity contribution < 1.29 is 9.53 Å². The van der Waals surface area contributed by atoms with Crippen molar-refractivity contribution in [1.82, 2.24) is 19.4 Å². The topological polar surface area (TPSA) is 86.3 Å². The molecular weight excluding hydrogens is 350 g/mol. The van der Waals surface area contributed by atoms with Crippen LogP contribution in [0.25, 0.3) is 11.0 Å². The van der Waals surface area contributed by atoms with Gasteiger partial charge < -0.3 is 19.9 Å². The van der Waals surface area contributed by atoms with Crippen LogP contribution in [0, 0.1) is 5.92 Å². The molecule has 0 aliphatic carbocycles. The Morgan fingerprint density at radius 3 is 2.91 bits per heavy atom. The van der Waals surface area contributed by atoms with Crippen LogP contribution in [-0.2, 0) is 4.74 Å². The zero-order chi connectivity index (χ0) is 15.9. The number of carbonyl (C=O) groups is 1. The summed E-state index contributed by atoms with van der Waals surface area (Å²) in [5.41, 5.74) is 6.67. The van der Waals surface area contributed by atoms with Crippen LogP contribution in [0.4, 0.5) is 10.6 Å². The molecule has 8 heteroatoms. The lowest BCUT2D eigenvalue weighted by Gasteiger charge is -2.39. The number of hydrogen-bond acceptors (Lipinski definition) is 5. The number of nitrogens with zero attached hydrogens (tertiary/aromatic N) is 4. The van der Waals surface area contributed by atoms with Crippen LogP contribution in [0.3, 0.4) is 0 Å². The van der Waals surface area contributed by atoms with Gasteiger partial charge in [0.2, 0.25) is 0 Å². The third kappa shape index (κ3) is 2.63. The van der Waals surface area contributed by atoms with Crippen molar-refractivity contribution in [2.45, 2.75) is 19.9 Å². The predicted octanol–water partition coefficient (Wildman–Crippen LogP) is 2.43. The minimum absolute atomic E-state index is 0.176. The maximum Gasteiger partial charge on any atom is 0.409 e. The molecule has 22 heavy (non-hydrogen) atoms. The number of hydrogen-bond donors (Lipinski definition) is 1. The first kappa shape index (κ1) is 15.1. The second-order valence-electron chi connectivity index (χ2n) is 5.87. The molecule has 1 aliphatic heterocycles. The molecular formula is C14H18BrN5O2. The van der Waals surface area contributed by atoms with E-state index in [0.717, 1.165) is 15.5 Å². The summed E-state index contributed by atoms with van der Waals surface area (Å²) < 4.78 is 8.12. The number of anilines is 1. The summed E-state index contributed by atoms with van der Waals surface area (Å²) in [6.07, 6.45) is 3.14. The van der Waals surface area contributed by atoms with E-state index in [1.165, 1.54) is 6.33 Å². The maximum absolute atomic E-state index is 11.9. The van der Waals surface area contributed by atoms with E-state index in [2.05, 4.69) is 25.9 Å². The third-order valence-corrected chi connectivity index (χ3v) is 4.25. The second kappa shape index (κ2) is 5.75. The molecule has 1 amide bonds. The van der Waals surface area contributed by atoms with Crippen LogP contribution in [0.2, 0.25) is 0 Å². The molecule has 0 radical (unpaired) electrons. The van der Waals surface area contributed by atoms with E-state index in [0.29, 0.717) is 31.4 Å². The number of aromatic nitrogens is 3. The van der Waals surface area contributed by atoms with Gasteiger partial charge in [0.15, 0.2) is 0 Å². The number of halogens is 1. The number of ether oxygens (including phenoxy) is 1. The smallest absolute Gasteiger partial charge is 0.409 e. The third-order valence-electron chi connectivity index (χ3n) is 3.65. The van der Waals surface area contributed by atoms with Gasteiger partial charge in [-0.1, -0.05) is 13.8 Å². The van der Waals surface area contributed by atoms with E-state index in [4.69, 9.17) is 10.5 Å². The molecule has 118 valence electrons. The van der Waals surface area contributed by atoms with E-state index in [1.807, 2.05) is 24.6 Å². The van der Waals surface area contributed by atoms with Gasteiger partial charge in [-0.3, -0.25) is 0 Å². The lowest BCUT2D eigenvalue weighted by atomic mass is 10.1. The van der Waals surface area contributed by atoms with E-state index in [1.54, 1.807) is 4.90 Å². The molecule has 3 rings (SSSR count). The SMILES string of the molecule is CC(C)COC(=O)N1CC(n2cc(Br)c3c(N)ncnc32)C1.